The molecule has 2 amide bonds. The number of benzene rings is 2. The zero-order chi connectivity index (χ0) is 20.2. The highest BCUT2D eigenvalue weighted by atomic mass is 35.5. The molecule has 1 aliphatic heterocycles. The van der Waals surface area contributed by atoms with Gasteiger partial charge in [0.2, 0.25) is 0 Å². The Morgan fingerprint density at radius 1 is 1.10 bits per heavy atom. The number of anilines is 1. The van der Waals surface area contributed by atoms with Gasteiger partial charge < -0.3 is 15.0 Å². The van der Waals surface area contributed by atoms with Crippen molar-refractivity contribution < 1.29 is 14.3 Å². The molecule has 0 saturated carbocycles. The third-order valence-electron chi connectivity index (χ3n) is 4.49. The number of carbonyl (C=O) groups is 2. The summed E-state index contributed by atoms with van der Waals surface area (Å²) in [5.74, 6) is -0.265. The van der Waals surface area contributed by atoms with E-state index in [-0.39, 0.29) is 25.0 Å². The van der Waals surface area contributed by atoms with Gasteiger partial charge >= 0.3 is 0 Å². The first-order valence-electron chi connectivity index (χ1n) is 9.04. The first-order chi connectivity index (χ1) is 14.1. The van der Waals surface area contributed by atoms with Gasteiger partial charge in [0, 0.05) is 22.8 Å². The van der Waals surface area contributed by atoms with E-state index in [0.717, 1.165) is 11.4 Å². The predicted octanol–water partition coefficient (Wildman–Crippen LogP) is 2.21. The Bertz CT molecular complexity index is 1020. The van der Waals surface area contributed by atoms with Crippen LogP contribution >= 0.6 is 11.6 Å². The van der Waals surface area contributed by atoms with E-state index in [0.29, 0.717) is 29.4 Å². The van der Waals surface area contributed by atoms with Gasteiger partial charge in [-0.05, 0) is 48.5 Å². The normalized spacial score (nSPS) is 14.1. The molecular formula is C20H18ClN5O3. The molecule has 0 unspecified atom stereocenters. The second-order valence-electron chi connectivity index (χ2n) is 6.46. The van der Waals surface area contributed by atoms with Crippen LogP contribution in [0.25, 0.3) is 5.69 Å². The monoisotopic (exact) mass is 411 g/mol. The third-order valence-corrected chi connectivity index (χ3v) is 4.74. The average molecular weight is 412 g/mol. The molecule has 0 radical (unpaired) electrons. The number of carbonyl (C=O) groups excluding carboxylic acids is 2. The molecule has 3 aromatic rings. The maximum absolute atomic E-state index is 12.2. The number of hydrogen-bond acceptors (Lipinski definition) is 5. The number of rotatable bonds is 5. The van der Waals surface area contributed by atoms with E-state index in [1.807, 2.05) is 24.3 Å². The summed E-state index contributed by atoms with van der Waals surface area (Å²) in [5.41, 5.74) is 2.77. The van der Waals surface area contributed by atoms with Gasteiger partial charge in [-0.1, -0.05) is 16.8 Å². The highest BCUT2D eigenvalue weighted by Gasteiger charge is 2.20. The Hall–Kier alpha value is -3.23. The van der Waals surface area contributed by atoms with Crippen LogP contribution in [-0.4, -0.2) is 46.6 Å². The van der Waals surface area contributed by atoms with Crippen molar-refractivity contribution in [1.29, 1.82) is 0 Å². The smallest absolute Gasteiger partial charge is 0.253 e. The highest BCUT2D eigenvalue weighted by molar-refractivity contribution is 6.30. The topological polar surface area (TPSA) is 89.4 Å². The molecule has 0 spiro atoms. The van der Waals surface area contributed by atoms with Crippen LogP contribution in [0.15, 0.2) is 54.7 Å². The molecule has 2 aromatic carbocycles. The second-order valence-corrected chi connectivity index (χ2v) is 6.89. The van der Waals surface area contributed by atoms with Crippen LogP contribution in [0.5, 0.6) is 0 Å². The molecule has 29 heavy (non-hydrogen) atoms. The fourth-order valence-corrected chi connectivity index (χ4v) is 3.08. The quantitative estimate of drug-likeness (QED) is 0.695. The van der Waals surface area contributed by atoms with E-state index in [2.05, 4.69) is 15.6 Å². The van der Waals surface area contributed by atoms with Crippen molar-refractivity contribution in [3.05, 3.63) is 71.0 Å². The summed E-state index contributed by atoms with van der Waals surface area (Å²) in [5, 5.41) is 11.6. The Balaban J connectivity index is 1.39. The number of halogens is 1. The molecular weight excluding hydrogens is 394 g/mol. The summed E-state index contributed by atoms with van der Waals surface area (Å²) in [4.78, 5) is 25.8. The Labute approximate surface area is 172 Å². The first-order valence-corrected chi connectivity index (χ1v) is 9.41. The van der Waals surface area contributed by atoms with Gasteiger partial charge in [0.1, 0.15) is 12.3 Å². The van der Waals surface area contributed by atoms with Crippen molar-refractivity contribution in [2.75, 3.05) is 24.7 Å². The van der Waals surface area contributed by atoms with Crippen molar-refractivity contribution in [3.63, 3.8) is 0 Å². The van der Waals surface area contributed by atoms with Gasteiger partial charge in [-0.25, -0.2) is 4.68 Å². The molecule has 148 valence electrons. The molecule has 1 aromatic heterocycles. The molecule has 0 atom stereocenters. The fourth-order valence-electron chi connectivity index (χ4n) is 2.96. The minimum Gasteiger partial charge on any atom is -0.370 e. The number of ether oxygens (including phenoxy) is 1. The van der Waals surface area contributed by atoms with E-state index in [1.165, 1.54) is 0 Å². The van der Waals surface area contributed by atoms with Crippen LogP contribution in [0, 0.1) is 0 Å². The standard InChI is InChI=1S/C20H18ClN5O3/c21-15-3-1-14(2-4-15)20(28)22-11-16-12-26(24-23-16)18-7-5-17(6-8-18)25-9-10-29-13-19(25)27/h1-8,12H,9-11,13H2,(H,22,28). The van der Waals surface area contributed by atoms with Crippen LogP contribution in [0.3, 0.4) is 0 Å². The molecule has 2 heterocycles. The molecule has 9 heteroatoms. The van der Waals surface area contributed by atoms with Gasteiger partial charge in [0.05, 0.1) is 25.0 Å². The van der Waals surface area contributed by atoms with Crippen molar-refractivity contribution in [2.45, 2.75) is 6.54 Å². The maximum Gasteiger partial charge on any atom is 0.253 e. The number of nitrogens with zero attached hydrogens (tertiary/aromatic N) is 4. The van der Waals surface area contributed by atoms with Crippen LogP contribution in [-0.2, 0) is 16.1 Å². The van der Waals surface area contributed by atoms with Crippen molar-refractivity contribution >= 4 is 29.1 Å². The lowest BCUT2D eigenvalue weighted by molar-refractivity contribution is -0.125. The van der Waals surface area contributed by atoms with Gasteiger partial charge in [0.15, 0.2) is 0 Å². The minimum absolute atomic E-state index is 0.0523. The van der Waals surface area contributed by atoms with Crippen LogP contribution in [0.2, 0.25) is 5.02 Å². The van der Waals surface area contributed by atoms with Crippen LogP contribution in [0.4, 0.5) is 5.69 Å². The lowest BCUT2D eigenvalue weighted by atomic mass is 10.2. The van der Waals surface area contributed by atoms with Gasteiger partial charge in [-0.3, -0.25) is 9.59 Å². The van der Waals surface area contributed by atoms with E-state index in [9.17, 15) is 9.59 Å². The summed E-state index contributed by atoms with van der Waals surface area (Å²) in [6.45, 7) is 1.43. The largest absolute Gasteiger partial charge is 0.370 e. The van der Waals surface area contributed by atoms with Gasteiger partial charge in [0.25, 0.3) is 11.8 Å². The molecule has 1 aliphatic rings. The summed E-state index contributed by atoms with van der Waals surface area (Å²) in [6.07, 6.45) is 1.75. The molecule has 1 N–H and O–H groups in total. The van der Waals surface area contributed by atoms with Gasteiger partial charge in [-0.2, -0.15) is 0 Å². The Morgan fingerprint density at radius 3 is 2.55 bits per heavy atom. The Kier molecular flexibility index (Phi) is 5.55. The minimum atomic E-state index is -0.212. The van der Waals surface area contributed by atoms with Gasteiger partial charge in [-0.15, -0.1) is 5.10 Å². The van der Waals surface area contributed by atoms with E-state index >= 15 is 0 Å². The third kappa shape index (κ3) is 4.44. The molecule has 1 saturated heterocycles. The van der Waals surface area contributed by atoms with Crippen LogP contribution in [0.1, 0.15) is 16.1 Å². The predicted molar refractivity (Wildman–Crippen MR) is 107 cm³/mol. The maximum atomic E-state index is 12.2. The summed E-state index contributed by atoms with van der Waals surface area (Å²) >= 11 is 5.83. The highest BCUT2D eigenvalue weighted by Crippen LogP contribution is 2.19. The molecule has 0 aliphatic carbocycles. The summed E-state index contributed by atoms with van der Waals surface area (Å²) in [7, 11) is 0. The lowest BCUT2D eigenvalue weighted by Crippen LogP contribution is -2.41. The zero-order valence-electron chi connectivity index (χ0n) is 15.4. The SMILES string of the molecule is O=C(NCc1cn(-c2ccc(N3CCOCC3=O)cc2)nn1)c1ccc(Cl)cc1. The van der Waals surface area contributed by atoms with Crippen LogP contribution < -0.4 is 10.2 Å². The van der Waals surface area contributed by atoms with Crippen molar-refractivity contribution in [1.82, 2.24) is 20.3 Å². The molecule has 0 bridgehead atoms. The first kappa shape index (κ1) is 19.1. The molecule has 8 nitrogen and oxygen atoms in total. The number of nitrogens with one attached hydrogen (secondary N) is 1. The molecule has 4 rings (SSSR count). The number of hydrogen-bond donors (Lipinski definition) is 1. The lowest BCUT2D eigenvalue weighted by Gasteiger charge is -2.26. The average Bonchev–Trinajstić information content (AvgIpc) is 3.22. The number of amides is 2. The van der Waals surface area contributed by atoms with E-state index < -0.39 is 0 Å². The van der Waals surface area contributed by atoms with E-state index in [1.54, 1.807) is 40.0 Å². The summed E-state index contributed by atoms with van der Waals surface area (Å²) in [6, 6.07) is 14.1. The fraction of sp³-hybridized carbons (Fsp3) is 0.200. The second kappa shape index (κ2) is 8.42. The molecule has 1 fully saturated rings. The van der Waals surface area contributed by atoms with Crippen molar-refractivity contribution in [2.24, 2.45) is 0 Å². The summed E-state index contributed by atoms with van der Waals surface area (Å²) < 4.78 is 6.77. The number of morpholine rings is 1. The Morgan fingerprint density at radius 2 is 1.83 bits per heavy atom. The zero-order valence-corrected chi connectivity index (χ0v) is 16.2. The number of aromatic nitrogens is 3. The van der Waals surface area contributed by atoms with Crippen molar-refractivity contribution in [3.8, 4) is 5.69 Å². The van der Waals surface area contributed by atoms with E-state index in [4.69, 9.17) is 16.3 Å².